The van der Waals surface area contributed by atoms with Crippen LogP contribution in [0, 0.1) is 12.7 Å². The van der Waals surface area contributed by atoms with Gasteiger partial charge in [0.1, 0.15) is 11.5 Å². The number of rotatable bonds is 6. The molecule has 0 bridgehead atoms. The summed E-state index contributed by atoms with van der Waals surface area (Å²) in [5, 5.41) is 18.6. The van der Waals surface area contributed by atoms with Gasteiger partial charge in [-0.05, 0) is 53.2 Å². The van der Waals surface area contributed by atoms with E-state index in [2.05, 4.69) is 36.2 Å². The van der Waals surface area contributed by atoms with Crippen LogP contribution in [0.5, 0.6) is 0 Å². The van der Waals surface area contributed by atoms with Gasteiger partial charge in [0, 0.05) is 13.2 Å². The molecule has 1 aromatic carbocycles. The van der Waals surface area contributed by atoms with Crippen LogP contribution < -0.4 is 10.6 Å². The Balaban J connectivity index is 1.78. The van der Waals surface area contributed by atoms with Gasteiger partial charge in [-0.25, -0.2) is 18.7 Å². The minimum absolute atomic E-state index is 0.00989. The maximum absolute atomic E-state index is 14.0. The number of carbonyl (C=O) groups is 2. The standard InChI is InChI=1S/C21H16ClF4N9O2/c1-10-6-11(23)7-13(18(36)27-2)16(10)29-19(37)15-8-12(9-34-20(21(24,25)26)30-32-33-34)31-35(15)17-14(22)4-3-5-28-17/h3-8H,9H2,1-2H3,(H,27,36)(H,29,37). The molecule has 0 saturated carbocycles. The van der Waals surface area contributed by atoms with Gasteiger partial charge >= 0.3 is 6.18 Å². The summed E-state index contributed by atoms with van der Waals surface area (Å²) in [4.78, 5) is 29.8. The van der Waals surface area contributed by atoms with Crippen molar-refractivity contribution in [3.05, 3.63) is 75.7 Å². The van der Waals surface area contributed by atoms with Gasteiger partial charge in [0.2, 0.25) is 0 Å². The van der Waals surface area contributed by atoms with E-state index in [0.29, 0.717) is 4.68 Å². The molecule has 0 aliphatic heterocycles. The number of aryl methyl sites for hydroxylation is 1. The fraction of sp³-hybridized carbons (Fsp3) is 0.190. The predicted octanol–water partition coefficient (Wildman–Crippen LogP) is 3.03. The summed E-state index contributed by atoms with van der Waals surface area (Å²) in [5.41, 5.74) is -0.0977. The molecule has 0 spiro atoms. The highest BCUT2D eigenvalue weighted by atomic mass is 35.5. The van der Waals surface area contributed by atoms with Gasteiger partial charge in [0.15, 0.2) is 5.82 Å². The Bertz CT molecular complexity index is 1500. The van der Waals surface area contributed by atoms with Crippen LogP contribution in [0.25, 0.3) is 5.82 Å². The Morgan fingerprint density at radius 2 is 1.92 bits per heavy atom. The van der Waals surface area contributed by atoms with Crippen molar-refractivity contribution in [1.29, 1.82) is 0 Å². The zero-order valence-electron chi connectivity index (χ0n) is 19.0. The maximum atomic E-state index is 14.0. The second-order valence-electron chi connectivity index (χ2n) is 7.58. The lowest BCUT2D eigenvalue weighted by atomic mass is 10.1. The number of alkyl halides is 3. The first kappa shape index (κ1) is 25.7. The number of anilines is 1. The SMILES string of the molecule is CNC(=O)c1cc(F)cc(C)c1NC(=O)c1cc(Cn2nnnc2C(F)(F)F)nn1-c1ncccc1Cl. The van der Waals surface area contributed by atoms with E-state index in [9.17, 15) is 27.2 Å². The Hall–Kier alpha value is -4.40. The molecule has 0 fully saturated rings. The van der Waals surface area contributed by atoms with Crippen molar-refractivity contribution in [3.8, 4) is 5.82 Å². The number of halogens is 5. The summed E-state index contributed by atoms with van der Waals surface area (Å²) < 4.78 is 55.1. The molecule has 0 unspecified atom stereocenters. The number of aromatic nitrogens is 7. The summed E-state index contributed by atoms with van der Waals surface area (Å²) in [6, 6.07) is 6.28. The third kappa shape index (κ3) is 5.25. The summed E-state index contributed by atoms with van der Waals surface area (Å²) in [5.74, 6) is -3.52. The van der Waals surface area contributed by atoms with Crippen molar-refractivity contribution in [1.82, 2.24) is 40.3 Å². The molecule has 0 atom stereocenters. The van der Waals surface area contributed by atoms with E-state index in [0.717, 1.165) is 16.8 Å². The first-order valence-electron chi connectivity index (χ1n) is 10.4. The molecule has 37 heavy (non-hydrogen) atoms. The van der Waals surface area contributed by atoms with Crippen molar-refractivity contribution >= 4 is 29.1 Å². The predicted molar refractivity (Wildman–Crippen MR) is 121 cm³/mol. The van der Waals surface area contributed by atoms with Gasteiger partial charge in [-0.1, -0.05) is 11.6 Å². The summed E-state index contributed by atoms with van der Waals surface area (Å²) >= 11 is 6.22. The molecule has 0 saturated heterocycles. The molecule has 16 heteroatoms. The minimum Gasteiger partial charge on any atom is -0.355 e. The van der Waals surface area contributed by atoms with Crippen molar-refractivity contribution in [2.75, 3.05) is 12.4 Å². The van der Waals surface area contributed by atoms with Crippen molar-refractivity contribution in [3.63, 3.8) is 0 Å². The maximum Gasteiger partial charge on any atom is 0.453 e. The fourth-order valence-corrected chi connectivity index (χ4v) is 3.63. The molecule has 3 aromatic heterocycles. The van der Waals surface area contributed by atoms with Gasteiger partial charge in [-0.3, -0.25) is 9.59 Å². The van der Waals surface area contributed by atoms with Crippen LogP contribution in [-0.2, 0) is 12.7 Å². The summed E-state index contributed by atoms with van der Waals surface area (Å²) in [6.07, 6.45) is -3.45. The number of hydrogen-bond donors (Lipinski definition) is 2. The van der Waals surface area contributed by atoms with Crippen molar-refractivity contribution < 1.29 is 27.2 Å². The molecule has 2 amide bonds. The van der Waals surface area contributed by atoms with Crippen LogP contribution in [0.15, 0.2) is 36.5 Å². The first-order valence-corrected chi connectivity index (χ1v) is 10.7. The van der Waals surface area contributed by atoms with E-state index in [1.165, 1.54) is 38.4 Å². The highest BCUT2D eigenvalue weighted by molar-refractivity contribution is 6.32. The molecule has 4 rings (SSSR count). The molecule has 0 aliphatic carbocycles. The third-order valence-electron chi connectivity index (χ3n) is 5.04. The normalized spacial score (nSPS) is 11.4. The van der Waals surface area contributed by atoms with E-state index in [4.69, 9.17) is 11.6 Å². The lowest BCUT2D eigenvalue weighted by Crippen LogP contribution is -2.24. The summed E-state index contributed by atoms with van der Waals surface area (Å²) in [6.45, 7) is 0.943. The number of hydrogen-bond acceptors (Lipinski definition) is 7. The Morgan fingerprint density at radius 1 is 1.16 bits per heavy atom. The smallest absolute Gasteiger partial charge is 0.355 e. The monoisotopic (exact) mass is 537 g/mol. The zero-order chi connectivity index (χ0) is 26.9. The van der Waals surface area contributed by atoms with Crippen molar-refractivity contribution in [2.24, 2.45) is 0 Å². The number of pyridine rings is 1. The Kier molecular flexibility index (Phi) is 6.89. The number of carbonyl (C=O) groups excluding carboxylic acids is 2. The highest BCUT2D eigenvalue weighted by Gasteiger charge is 2.38. The molecule has 4 aromatic rings. The van der Waals surface area contributed by atoms with Crippen LogP contribution >= 0.6 is 11.6 Å². The average Bonchev–Trinajstić information content (AvgIpc) is 3.48. The van der Waals surface area contributed by atoms with E-state index in [1.807, 2.05) is 0 Å². The van der Waals surface area contributed by atoms with E-state index in [1.54, 1.807) is 0 Å². The largest absolute Gasteiger partial charge is 0.453 e. The molecule has 192 valence electrons. The molecular formula is C21H16ClF4N9O2. The van der Waals surface area contributed by atoms with Gasteiger partial charge in [-0.15, -0.1) is 5.10 Å². The van der Waals surface area contributed by atoms with Crippen molar-refractivity contribution in [2.45, 2.75) is 19.6 Å². The molecular weight excluding hydrogens is 522 g/mol. The molecule has 0 aliphatic rings. The number of amides is 2. The molecule has 0 radical (unpaired) electrons. The van der Waals surface area contributed by atoms with Crippen LogP contribution in [-0.4, -0.2) is 53.8 Å². The van der Waals surface area contributed by atoms with Crippen LogP contribution in [0.2, 0.25) is 5.02 Å². The lowest BCUT2D eigenvalue weighted by Gasteiger charge is -2.14. The second-order valence-corrected chi connectivity index (χ2v) is 7.99. The highest BCUT2D eigenvalue weighted by Crippen LogP contribution is 2.28. The van der Waals surface area contributed by atoms with Gasteiger partial charge in [0.05, 0.1) is 28.5 Å². The Labute approximate surface area is 210 Å². The summed E-state index contributed by atoms with van der Waals surface area (Å²) in [7, 11) is 1.34. The number of nitrogens with zero attached hydrogens (tertiary/aromatic N) is 7. The number of benzene rings is 1. The third-order valence-corrected chi connectivity index (χ3v) is 5.34. The van der Waals surface area contributed by atoms with E-state index < -0.39 is 36.2 Å². The van der Waals surface area contributed by atoms with Gasteiger partial charge in [-0.2, -0.15) is 18.3 Å². The molecule has 2 N–H and O–H groups in total. The fourth-order valence-electron chi connectivity index (χ4n) is 3.43. The molecule has 11 nitrogen and oxygen atoms in total. The van der Waals surface area contributed by atoms with Gasteiger partial charge in [0.25, 0.3) is 17.6 Å². The second kappa shape index (κ2) is 9.93. The molecule has 3 heterocycles. The zero-order valence-corrected chi connectivity index (χ0v) is 19.8. The quantitative estimate of drug-likeness (QED) is 0.361. The lowest BCUT2D eigenvalue weighted by molar-refractivity contribution is -0.147. The van der Waals surface area contributed by atoms with Crippen LogP contribution in [0.4, 0.5) is 23.2 Å². The minimum atomic E-state index is -4.83. The number of tetrazole rings is 1. The van der Waals surface area contributed by atoms with Crippen LogP contribution in [0.1, 0.15) is 37.9 Å². The Morgan fingerprint density at radius 3 is 2.59 bits per heavy atom. The van der Waals surface area contributed by atoms with E-state index in [-0.39, 0.29) is 39.0 Å². The first-order chi connectivity index (χ1) is 17.5. The number of nitrogens with one attached hydrogen (secondary N) is 2. The van der Waals surface area contributed by atoms with Gasteiger partial charge < -0.3 is 10.6 Å². The average molecular weight is 538 g/mol. The topological polar surface area (TPSA) is 133 Å². The van der Waals surface area contributed by atoms with Crippen LogP contribution in [0.3, 0.4) is 0 Å². The van der Waals surface area contributed by atoms with E-state index >= 15 is 0 Å².